The van der Waals surface area contributed by atoms with Gasteiger partial charge in [0.05, 0.1) is 31.1 Å². The number of nitrogens with one attached hydrogen (secondary N) is 1. The van der Waals surface area contributed by atoms with Crippen LogP contribution in [0.1, 0.15) is 33.6 Å². The molecule has 1 aromatic carbocycles. The number of hydrogen-bond acceptors (Lipinski definition) is 7. The molecule has 0 saturated carbocycles. The van der Waals surface area contributed by atoms with Crippen LogP contribution in [0.3, 0.4) is 0 Å². The maximum Gasteiger partial charge on any atom is 0.340 e. The quantitative estimate of drug-likeness (QED) is 0.806. The number of anilines is 2. The third kappa shape index (κ3) is 4.59. The molecular formula is C19H22N4O4. The topological polar surface area (TPSA) is 93.7 Å². The summed E-state index contributed by atoms with van der Waals surface area (Å²) in [5.74, 6) is 0.322. The summed E-state index contributed by atoms with van der Waals surface area (Å²) in [6.07, 6.45) is 0. The van der Waals surface area contributed by atoms with E-state index in [2.05, 4.69) is 15.3 Å². The van der Waals surface area contributed by atoms with E-state index in [9.17, 15) is 9.59 Å². The molecule has 0 radical (unpaired) electrons. The van der Waals surface area contributed by atoms with Gasteiger partial charge < -0.3 is 19.7 Å². The zero-order chi connectivity index (χ0) is 19.2. The van der Waals surface area contributed by atoms with Crippen molar-refractivity contribution < 1.29 is 19.1 Å². The van der Waals surface area contributed by atoms with Crippen LogP contribution in [0.15, 0.2) is 30.3 Å². The molecule has 1 amide bonds. The average molecular weight is 370 g/mol. The van der Waals surface area contributed by atoms with Crippen molar-refractivity contribution in [2.45, 2.75) is 13.8 Å². The van der Waals surface area contributed by atoms with Gasteiger partial charge in [0.25, 0.3) is 5.91 Å². The SMILES string of the molecule is CCOC(=O)c1ccccc1Nc1cc(C(=O)N2CCOCC2)nc(C)n1. The van der Waals surface area contributed by atoms with Crippen LogP contribution in [-0.4, -0.2) is 59.7 Å². The summed E-state index contributed by atoms with van der Waals surface area (Å²) in [5.41, 5.74) is 1.26. The van der Waals surface area contributed by atoms with Gasteiger partial charge in [0.1, 0.15) is 17.3 Å². The van der Waals surface area contributed by atoms with Gasteiger partial charge >= 0.3 is 5.97 Å². The molecule has 27 heavy (non-hydrogen) atoms. The number of aryl methyl sites for hydroxylation is 1. The Bertz CT molecular complexity index is 834. The average Bonchev–Trinajstić information content (AvgIpc) is 2.68. The van der Waals surface area contributed by atoms with Crippen molar-refractivity contribution in [3.8, 4) is 0 Å². The van der Waals surface area contributed by atoms with Crippen molar-refractivity contribution in [2.24, 2.45) is 0 Å². The first-order chi connectivity index (χ1) is 13.1. The second kappa shape index (κ2) is 8.59. The number of nitrogens with zero attached hydrogens (tertiary/aromatic N) is 3. The second-order valence-electron chi connectivity index (χ2n) is 5.98. The van der Waals surface area contributed by atoms with E-state index >= 15 is 0 Å². The van der Waals surface area contributed by atoms with Crippen LogP contribution in [0.2, 0.25) is 0 Å². The number of carbonyl (C=O) groups excluding carboxylic acids is 2. The molecule has 1 saturated heterocycles. The molecule has 1 fully saturated rings. The van der Waals surface area contributed by atoms with E-state index in [1.54, 1.807) is 49.1 Å². The first-order valence-corrected chi connectivity index (χ1v) is 8.84. The third-order valence-corrected chi connectivity index (χ3v) is 4.04. The minimum atomic E-state index is -0.420. The van der Waals surface area contributed by atoms with Gasteiger partial charge in [-0.25, -0.2) is 14.8 Å². The Balaban J connectivity index is 1.85. The Kier molecular flexibility index (Phi) is 5.97. The summed E-state index contributed by atoms with van der Waals surface area (Å²) in [5, 5.41) is 3.10. The largest absolute Gasteiger partial charge is 0.462 e. The Morgan fingerprint density at radius 2 is 1.96 bits per heavy atom. The second-order valence-corrected chi connectivity index (χ2v) is 5.98. The lowest BCUT2D eigenvalue weighted by molar-refractivity contribution is 0.0298. The van der Waals surface area contributed by atoms with Gasteiger partial charge in [-0.15, -0.1) is 0 Å². The zero-order valence-electron chi connectivity index (χ0n) is 15.4. The van der Waals surface area contributed by atoms with Crippen LogP contribution in [0.25, 0.3) is 0 Å². The molecule has 0 spiro atoms. The van der Waals surface area contributed by atoms with Crippen molar-refractivity contribution in [3.05, 3.63) is 47.4 Å². The number of ether oxygens (including phenoxy) is 2. The van der Waals surface area contributed by atoms with Crippen LogP contribution in [-0.2, 0) is 9.47 Å². The zero-order valence-corrected chi connectivity index (χ0v) is 15.4. The highest BCUT2D eigenvalue weighted by Crippen LogP contribution is 2.21. The predicted octanol–water partition coefficient (Wildman–Crippen LogP) is 2.18. The number of rotatable bonds is 5. The maximum atomic E-state index is 12.7. The normalized spacial score (nSPS) is 13.9. The van der Waals surface area contributed by atoms with Crippen LogP contribution >= 0.6 is 0 Å². The summed E-state index contributed by atoms with van der Waals surface area (Å²) in [6, 6.07) is 8.59. The molecule has 1 aliphatic rings. The number of benzene rings is 1. The molecule has 0 bridgehead atoms. The minimum Gasteiger partial charge on any atom is -0.462 e. The smallest absolute Gasteiger partial charge is 0.340 e. The summed E-state index contributed by atoms with van der Waals surface area (Å²) in [7, 11) is 0. The number of aromatic nitrogens is 2. The monoisotopic (exact) mass is 370 g/mol. The number of morpholine rings is 1. The summed E-state index contributed by atoms with van der Waals surface area (Å²) in [4.78, 5) is 35.1. The fourth-order valence-corrected chi connectivity index (χ4v) is 2.79. The van der Waals surface area contributed by atoms with Gasteiger partial charge in [0, 0.05) is 19.2 Å². The fourth-order valence-electron chi connectivity index (χ4n) is 2.79. The molecule has 2 aromatic rings. The molecule has 1 N–H and O–H groups in total. The first-order valence-electron chi connectivity index (χ1n) is 8.84. The van der Waals surface area contributed by atoms with E-state index < -0.39 is 5.97 Å². The highest BCUT2D eigenvalue weighted by Gasteiger charge is 2.21. The van der Waals surface area contributed by atoms with Crippen molar-refractivity contribution in [3.63, 3.8) is 0 Å². The van der Waals surface area contributed by atoms with Gasteiger partial charge in [-0.05, 0) is 26.0 Å². The van der Waals surface area contributed by atoms with E-state index in [1.165, 1.54) is 0 Å². The maximum absolute atomic E-state index is 12.7. The molecule has 1 aromatic heterocycles. The van der Waals surface area contributed by atoms with E-state index in [0.717, 1.165) is 0 Å². The van der Waals surface area contributed by atoms with Crippen LogP contribution in [0.4, 0.5) is 11.5 Å². The minimum absolute atomic E-state index is 0.162. The van der Waals surface area contributed by atoms with E-state index in [-0.39, 0.29) is 12.5 Å². The Morgan fingerprint density at radius 1 is 1.22 bits per heavy atom. The van der Waals surface area contributed by atoms with E-state index in [1.807, 2.05) is 0 Å². The molecule has 3 rings (SSSR count). The van der Waals surface area contributed by atoms with E-state index in [0.29, 0.717) is 54.9 Å². The molecule has 0 unspecified atom stereocenters. The lowest BCUT2D eigenvalue weighted by Gasteiger charge is -2.26. The molecule has 1 aliphatic heterocycles. The number of para-hydroxylation sites is 1. The highest BCUT2D eigenvalue weighted by molar-refractivity contribution is 5.97. The molecule has 142 valence electrons. The molecule has 0 atom stereocenters. The summed E-state index contributed by atoms with van der Waals surface area (Å²) < 4.78 is 10.4. The highest BCUT2D eigenvalue weighted by atomic mass is 16.5. The van der Waals surface area contributed by atoms with Gasteiger partial charge in [-0.3, -0.25) is 4.79 Å². The predicted molar refractivity (Wildman–Crippen MR) is 99.2 cm³/mol. The Morgan fingerprint density at radius 3 is 2.70 bits per heavy atom. The third-order valence-electron chi connectivity index (χ3n) is 4.04. The van der Waals surface area contributed by atoms with Crippen LogP contribution in [0, 0.1) is 6.92 Å². The summed E-state index contributed by atoms with van der Waals surface area (Å²) >= 11 is 0. The van der Waals surface area contributed by atoms with Crippen molar-refractivity contribution in [2.75, 3.05) is 38.2 Å². The number of hydrogen-bond donors (Lipinski definition) is 1. The van der Waals surface area contributed by atoms with Gasteiger partial charge in [0.15, 0.2) is 0 Å². The molecular weight excluding hydrogens is 348 g/mol. The molecule has 8 heteroatoms. The van der Waals surface area contributed by atoms with Crippen molar-refractivity contribution >= 4 is 23.4 Å². The van der Waals surface area contributed by atoms with Gasteiger partial charge in [-0.1, -0.05) is 12.1 Å². The lowest BCUT2D eigenvalue weighted by Crippen LogP contribution is -2.41. The van der Waals surface area contributed by atoms with Crippen molar-refractivity contribution in [1.82, 2.24) is 14.9 Å². The molecule has 0 aliphatic carbocycles. The van der Waals surface area contributed by atoms with Crippen LogP contribution < -0.4 is 5.32 Å². The van der Waals surface area contributed by atoms with E-state index in [4.69, 9.17) is 9.47 Å². The number of amides is 1. The van der Waals surface area contributed by atoms with Gasteiger partial charge in [-0.2, -0.15) is 0 Å². The Hall–Kier alpha value is -3.00. The standard InChI is InChI=1S/C19H22N4O4/c1-3-27-19(25)14-6-4-5-7-15(14)22-17-12-16(20-13(2)21-17)18(24)23-8-10-26-11-9-23/h4-7,12H,3,8-11H2,1-2H3,(H,20,21,22). The number of carbonyl (C=O) groups is 2. The van der Waals surface area contributed by atoms with Gasteiger partial charge in [0.2, 0.25) is 0 Å². The first kappa shape index (κ1) is 18.8. The van der Waals surface area contributed by atoms with Crippen molar-refractivity contribution in [1.29, 1.82) is 0 Å². The Labute approximate surface area is 157 Å². The molecule has 8 nitrogen and oxygen atoms in total. The van der Waals surface area contributed by atoms with Crippen LogP contribution in [0.5, 0.6) is 0 Å². The lowest BCUT2D eigenvalue weighted by atomic mass is 10.2. The fraction of sp³-hybridized carbons (Fsp3) is 0.368. The number of esters is 1. The molecule has 2 heterocycles. The summed E-state index contributed by atoms with van der Waals surface area (Å²) in [6.45, 7) is 5.89.